The monoisotopic (exact) mass is 263 g/mol. The summed E-state index contributed by atoms with van der Waals surface area (Å²) in [6, 6.07) is 8.59. The van der Waals surface area contributed by atoms with Crippen LogP contribution in [0.15, 0.2) is 30.3 Å². The molecule has 0 saturated carbocycles. The number of hydrogen-bond acceptors (Lipinski definition) is 3. The number of carbonyl (C=O) groups is 3. The Morgan fingerprint density at radius 2 is 1.63 bits per heavy atom. The largest absolute Gasteiger partial charge is 0.347 e. The Kier molecular flexibility index (Phi) is 5.53. The number of benzene rings is 1. The van der Waals surface area contributed by atoms with Crippen molar-refractivity contribution >= 4 is 17.7 Å². The summed E-state index contributed by atoms with van der Waals surface area (Å²) >= 11 is 0. The van der Waals surface area contributed by atoms with Crippen LogP contribution in [0.2, 0.25) is 0 Å². The molecule has 1 aromatic carbocycles. The average molecular weight is 263 g/mol. The van der Waals surface area contributed by atoms with E-state index in [2.05, 4.69) is 10.6 Å². The third kappa shape index (κ3) is 5.20. The molecule has 3 amide bonds. The lowest BCUT2D eigenvalue weighted by molar-refractivity contribution is -0.130. The Labute approximate surface area is 111 Å². The van der Waals surface area contributed by atoms with Crippen molar-refractivity contribution in [1.82, 2.24) is 15.5 Å². The van der Waals surface area contributed by atoms with Gasteiger partial charge in [0, 0.05) is 19.7 Å². The van der Waals surface area contributed by atoms with Gasteiger partial charge in [0.05, 0.1) is 13.1 Å². The molecule has 0 unspecified atom stereocenters. The highest BCUT2D eigenvalue weighted by molar-refractivity contribution is 5.96. The quantitative estimate of drug-likeness (QED) is 0.760. The van der Waals surface area contributed by atoms with Crippen molar-refractivity contribution < 1.29 is 14.4 Å². The van der Waals surface area contributed by atoms with Crippen LogP contribution in [0.3, 0.4) is 0 Å². The van der Waals surface area contributed by atoms with E-state index in [1.165, 1.54) is 4.90 Å². The normalized spacial score (nSPS) is 9.58. The van der Waals surface area contributed by atoms with Crippen LogP contribution in [-0.2, 0) is 9.59 Å². The van der Waals surface area contributed by atoms with Crippen molar-refractivity contribution in [2.45, 2.75) is 0 Å². The molecule has 0 radical (unpaired) electrons. The lowest BCUT2D eigenvalue weighted by atomic mass is 10.2. The fourth-order valence-electron chi connectivity index (χ4n) is 1.25. The van der Waals surface area contributed by atoms with Crippen LogP contribution in [0.5, 0.6) is 0 Å². The number of hydrogen-bond donors (Lipinski definition) is 2. The maximum absolute atomic E-state index is 11.6. The molecule has 1 aromatic rings. The van der Waals surface area contributed by atoms with Crippen LogP contribution < -0.4 is 10.6 Å². The zero-order valence-corrected chi connectivity index (χ0v) is 11.0. The maximum Gasteiger partial charge on any atom is 0.251 e. The molecular formula is C13H17N3O3. The van der Waals surface area contributed by atoms with Gasteiger partial charge in [0.1, 0.15) is 0 Å². The first-order valence-electron chi connectivity index (χ1n) is 5.81. The molecule has 0 aliphatic heterocycles. The van der Waals surface area contributed by atoms with E-state index in [1.807, 2.05) is 0 Å². The molecule has 19 heavy (non-hydrogen) atoms. The predicted molar refractivity (Wildman–Crippen MR) is 70.5 cm³/mol. The summed E-state index contributed by atoms with van der Waals surface area (Å²) in [7, 11) is 3.21. The third-order valence-electron chi connectivity index (χ3n) is 2.38. The minimum Gasteiger partial charge on any atom is -0.347 e. The summed E-state index contributed by atoms with van der Waals surface area (Å²) in [5.74, 6) is -0.933. The molecule has 0 aliphatic carbocycles. The van der Waals surface area contributed by atoms with E-state index in [0.717, 1.165) is 0 Å². The smallest absolute Gasteiger partial charge is 0.251 e. The molecule has 0 saturated heterocycles. The van der Waals surface area contributed by atoms with Gasteiger partial charge in [-0.1, -0.05) is 18.2 Å². The summed E-state index contributed by atoms with van der Waals surface area (Å²) in [5.41, 5.74) is 0.486. The first-order valence-corrected chi connectivity index (χ1v) is 5.81. The fourth-order valence-corrected chi connectivity index (χ4v) is 1.25. The van der Waals surface area contributed by atoms with Gasteiger partial charge in [-0.05, 0) is 12.1 Å². The molecule has 0 atom stereocenters. The summed E-state index contributed by atoms with van der Waals surface area (Å²) in [6.07, 6.45) is 0. The zero-order valence-electron chi connectivity index (χ0n) is 11.0. The topological polar surface area (TPSA) is 78.5 Å². The summed E-state index contributed by atoms with van der Waals surface area (Å²) < 4.78 is 0. The van der Waals surface area contributed by atoms with Crippen molar-refractivity contribution in [3.8, 4) is 0 Å². The van der Waals surface area contributed by atoms with E-state index >= 15 is 0 Å². The Morgan fingerprint density at radius 1 is 1.00 bits per heavy atom. The first-order chi connectivity index (χ1) is 9.00. The Morgan fingerprint density at radius 3 is 2.21 bits per heavy atom. The molecule has 0 fully saturated rings. The van der Waals surface area contributed by atoms with E-state index in [9.17, 15) is 14.4 Å². The second-order valence-electron chi connectivity index (χ2n) is 4.11. The second kappa shape index (κ2) is 7.15. The number of carbonyl (C=O) groups excluding carboxylic acids is 3. The number of amides is 3. The van der Waals surface area contributed by atoms with Crippen LogP contribution in [0.4, 0.5) is 0 Å². The van der Waals surface area contributed by atoms with Crippen LogP contribution in [0, 0.1) is 0 Å². The van der Waals surface area contributed by atoms with Crippen molar-refractivity contribution in [3.63, 3.8) is 0 Å². The molecule has 0 heterocycles. The van der Waals surface area contributed by atoms with Gasteiger partial charge in [0.15, 0.2) is 0 Å². The van der Waals surface area contributed by atoms with Crippen LogP contribution in [0.25, 0.3) is 0 Å². The van der Waals surface area contributed by atoms with Gasteiger partial charge in [-0.25, -0.2) is 0 Å². The van der Waals surface area contributed by atoms with Crippen molar-refractivity contribution in [2.75, 3.05) is 27.2 Å². The molecule has 0 spiro atoms. The maximum atomic E-state index is 11.6. The van der Waals surface area contributed by atoms with E-state index in [1.54, 1.807) is 44.4 Å². The predicted octanol–water partition coefficient (Wildman–Crippen LogP) is -0.379. The molecule has 1 rings (SSSR count). The molecular weight excluding hydrogens is 246 g/mol. The Hall–Kier alpha value is -2.37. The highest BCUT2D eigenvalue weighted by Crippen LogP contribution is 1.97. The molecule has 0 aromatic heterocycles. The van der Waals surface area contributed by atoms with Crippen molar-refractivity contribution in [1.29, 1.82) is 0 Å². The van der Waals surface area contributed by atoms with Crippen LogP contribution >= 0.6 is 0 Å². The number of nitrogens with one attached hydrogen (secondary N) is 2. The SMILES string of the molecule is CN(C)C(=O)CNC(=O)CNC(=O)c1ccccc1. The van der Waals surface area contributed by atoms with E-state index in [-0.39, 0.29) is 24.9 Å². The molecule has 102 valence electrons. The lowest BCUT2D eigenvalue weighted by Crippen LogP contribution is -2.41. The summed E-state index contributed by atoms with van der Waals surface area (Å²) in [4.78, 5) is 35.6. The highest BCUT2D eigenvalue weighted by atomic mass is 16.2. The molecule has 0 bridgehead atoms. The van der Waals surface area contributed by atoms with Gasteiger partial charge in [-0.2, -0.15) is 0 Å². The average Bonchev–Trinajstić information content (AvgIpc) is 2.42. The number of nitrogens with zero attached hydrogens (tertiary/aromatic N) is 1. The lowest BCUT2D eigenvalue weighted by Gasteiger charge is -2.11. The summed E-state index contributed by atoms with van der Waals surface area (Å²) in [5, 5.41) is 4.90. The minimum absolute atomic E-state index is 0.0763. The molecule has 6 heteroatoms. The van der Waals surface area contributed by atoms with Gasteiger partial charge in [0.2, 0.25) is 11.8 Å². The number of likely N-dealkylation sites (N-methyl/N-ethyl adjacent to an activating group) is 1. The molecule has 0 aliphatic rings. The highest BCUT2D eigenvalue weighted by Gasteiger charge is 2.09. The molecule has 6 nitrogen and oxygen atoms in total. The number of rotatable bonds is 5. The first kappa shape index (κ1) is 14.7. The van der Waals surface area contributed by atoms with Gasteiger partial charge in [0.25, 0.3) is 5.91 Å². The van der Waals surface area contributed by atoms with Crippen LogP contribution in [-0.4, -0.2) is 49.8 Å². The zero-order chi connectivity index (χ0) is 14.3. The second-order valence-corrected chi connectivity index (χ2v) is 4.11. The van der Waals surface area contributed by atoms with E-state index < -0.39 is 5.91 Å². The van der Waals surface area contributed by atoms with Gasteiger partial charge < -0.3 is 15.5 Å². The Balaban J connectivity index is 2.31. The minimum atomic E-state index is -0.403. The third-order valence-corrected chi connectivity index (χ3v) is 2.38. The van der Waals surface area contributed by atoms with Gasteiger partial charge in [-0.3, -0.25) is 14.4 Å². The fraction of sp³-hybridized carbons (Fsp3) is 0.308. The summed E-state index contributed by atoms with van der Waals surface area (Å²) in [6.45, 7) is -0.235. The standard InChI is InChI=1S/C13H17N3O3/c1-16(2)12(18)9-14-11(17)8-15-13(19)10-6-4-3-5-7-10/h3-7H,8-9H2,1-2H3,(H,14,17)(H,15,19). The molecule has 2 N–H and O–H groups in total. The van der Waals surface area contributed by atoms with Gasteiger partial charge in [-0.15, -0.1) is 0 Å². The van der Waals surface area contributed by atoms with Crippen LogP contribution in [0.1, 0.15) is 10.4 Å². The van der Waals surface area contributed by atoms with Gasteiger partial charge >= 0.3 is 0 Å². The Bertz CT molecular complexity index is 457. The van der Waals surface area contributed by atoms with Crippen molar-refractivity contribution in [2.24, 2.45) is 0 Å². The van der Waals surface area contributed by atoms with E-state index in [4.69, 9.17) is 0 Å². The van der Waals surface area contributed by atoms with E-state index in [0.29, 0.717) is 5.56 Å². The van der Waals surface area contributed by atoms with Crippen molar-refractivity contribution in [3.05, 3.63) is 35.9 Å².